The Kier molecular flexibility index (Phi) is 5.42. The Morgan fingerprint density at radius 2 is 2.00 bits per heavy atom. The number of hydrogen-bond acceptors (Lipinski definition) is 3. The van der Waals surface area contributed by atoms with Crippen LogP contribution >= 0.6 is 15.9 Å². The van der Waals surface area contributed by atoms with E-state index >= 15 is 0 Å². The zero-order valence-corrected chi connectivity index (χ0v) is 14.0. The van der Waals surface area contributed by atoms with Crippen molar-refractivity contribution in [3.63, 3.8) is 0 Å². The molecule has 2 rings (SSSR count). The first-order valence-corrected chi connectivity index (χ1v) is 7.78. The van der Waals surface area contributed by atoms with Gasteiger partial charge in [-0.15, -0.1) is 0 Å². The van der Waals surface area contributed by atoms with Crippen molar-refractivity contribution in [2.75, 3.05) is 7.05 Å². The molecule has 0 aliphatic carbocycles. The van der Waals surface area contributed by atoms with Crippen molar-refractivity contribution in [2.45, 2.75) is 32.7 Å². The third-order valence-electron chi connectivity index (χ3n) is 3.45. The molecule has 0 amide bonds. The lowest BCUT2D eigenvalue weighted by Crippen LogP contribution is -2.21. The van der Waals surface area contributed by atoms with E-state index in [1.165, 1.54) is 6.07 Å². The topological polar surface area (TPSA) is 37.8 Å². The van der Waals surface area contributed by atoms with Crippen LogP contribution in [-0.2, 0) is 12.8 Å². The second-order valence-electron chi connectivity index (χ2n) is 5.06. The summed E-state index contributed by atoms with van der Waals surface area (Å²) in [7, 11) is 1.91. The van der Waals surface area contributed by atoms with Crippen molar-refractivity contribution in [1.29, 1.82) is 0 Å². The Hall–Kier alpha value is -1.33. The van der Waals surface area contributed by atoms with E-state index in [0.717, 1.165) is 33.4 Å². The zero-order chi connectivity index (χ0) is 15.4. The van der Waals surface area contributed by atoms with Gasteiger partial charge in [-0.3, -0.25) is 0 Å². The van der Waals surface area contributed by atoms with Crippen molar-refractivity contribution in [3.05, 3.63) is 57.1 Å². The highest BCUT2D eigenvalue weighted by atomic mass is 79.9. The maximum absolute atomic E-state index is 13.5. The first-order valence-electron chi connectivity index (χ1n) is 6.98. The van der Waals surface area contributed by atoms with Crippen LogP contribution in [0.15, 0.2) is 28.7 Å². The van der Waals surface area contributed by atoms with E-state index in [1.54, 1.807) is 6.07 Å². The molecule has 112 valence electrons. The summed E-state index contributed by atoms with van der Waals surface area (Å²) in [5.41, 5.74) is 3.95. The first-order chi connectivity index (χ1) is 10.0. The van der Waals surface area contributed by atoms with Crippen LogP contribution < -0.4 is 5.32 Å². The molecule has 0 saturated carbocycles. The molecule has 21 heavy (non-hydrogen) atoms. The minimum absolute atomic E-state index is 0.0860. The Morgan fingerprint density at radius 3 is 2.62 bits per heavy atom. The fraction of sp³-hybridized carbons (Fsp3) is 0.375. The maximum atomic E-state index is 13.5. The summed E-state index contributed by atoms with van der Waals surface area (Å²) in [6, 6.07) is 7.13. The van der Waals surface area contributed by atoms with Crippen LogP contribution in [0, 0.1) is 12.7 Å². The van der Waals surface area contributed by atoms with Crippen molar-refractivity contribution >= 4 is 15.9 Å². The molecule has 0 aliphatic rings. The third kappa shape index (κ3) is 4.08. The van der Waals surface area contributed by atoms with Gasteiger partial charge >= 0.3 is 0 Å². The molecule has 1 aromatic carbocycles. The zero-order valence-electron chi connectivity index (χ0n) is 12.5. The molecular formula is C16H19BrFN3. The van der Waals surface area contributed by atoms with Gasteiger partial charge in [-0.05, 0) is 62.2 Å². The van der Waals surface area contributed by atoms with Crippen LogP contribution in [0.25, 0.3) is 0 Å². The van der Waals surface area contributed by atoms with E-state index in [-0.39, 0.29) is 11.9 Å². The van der Waals surface area contributed by atoms with E-state index < -0.39 is 0 Å². The summed E-state index contributed by atoms with van der Waals surface area (Å²) < 4.78 is 14.3. The molecule has 0 radical (unpaired) electrons. The summed E-state index contributed by atoms with van der Waals surface area (Å²) >= 11 is 3.34. The lowest BCUT2D eigenvalue weighted by atomic mass is 9.96. The molecule has 0 saturated heterocycles. The van der Waals surface area contributed by atoms with Crippen LogP contribution in [0.1, 0.15) is 35.5 Å². The highest BCUT2D eigenvalue weighted by Gasteiger charge is 2.16. The van der Waals surface area contributed by atoms with Gasteiger partial charge in [0.25, 0.3) is 0 Å². The molecule has 1 heterocycles. The average molecular weight is 352 g/mol. The quantitative estimate of drug-likeness (QED) is 0.891. The van der Waals surface area contributed by atoms with Crippen molar-refractivity contribution < 1.29 is 4.39 Å². The summed E-state index contributed by atoms with van der Waals surface area (Å²) in [5.74, 6) is -0.228. The standard InChI is InChI=1S/C16H19BrFN3/c1-4-15-14(5-10(2)20-21-15)16(19-3)8-11-6-12(17)9-13(18)7-11/h5-7,9,16,19H,4,8H2,1-3H3. The van der Waals surface area contributed by atoms with Crippen LogP contribution in [0.4, 0.5) is 4.39 Å². The van der Waals surface area contributed by atoms with Crippen molar-refractivity contribution in [1.82, 2.24) is 15.5 Å². The van der Waals surface area contributed by atoms with Crippen LogP contribution in [0.3, 0.4) is 0 Å². The molecular weight excluding hydrogens is 333 g/mol. The molecule has 2 aromatic rings. The molecule has 1 unspecified atom stereocenters. The Balaban J connectivity index is 2.33. The normalized spacial score (nSPS) is 12.4. The van der Waals surface area contributed by atoms with Crippen LogP contribution in [0.2, 0.25) is 0 Å². The van der Waals surface area contributed by atoms with Crippen LogP contribution in [-0.4, -0.2) is 17.2 Å². The van der Waals surface area contributed by atoms with Gasteiger partial charge in [0, 0.05) is 10.5 Å². The smallest absolute Gasteiger partial charge is 0.124 e. The fourth-order valence-electron chi connectivity index (χ4n) is 2.44. The number of benzene rings is 1. The molecule has 3 nitrogen and oxygen atoms in total. The lowest BCUT2D eigenvalue weighted by Gasteiger charge is -2.19. The van der Waals surface area contributed by atoms with E-state index in [2.05, 4.69) is 44.4 Å². The predicted molar refractivity (Wildman–Crippen MR) is 85.8 cm³/mol. The molecule has 1 atom stereocenters. The minimum atomic E-state index is -0.228. The van der Waals surface area contributed by atoms with E-state index in [9.17, 15) is 4.39 Å². The number of likely N-dealkylation sites (N-methyl/N-ethyl adjacent to an activating group) is 1. The van der Waals surface area contributed by atoms with Gasteiger partial charge < -0.3 is 5.32 Å². The molecule has 5 heteroatoms. The number of halogens is 2. The second-order valence-corrected chi connectivity index (χ2v) is 5.98. The minimum Gasteiger partial charge on any atom is -0.313 e. The molecule has 0 aliphatic heterocycles. The van der Waals surface area contributed by atoms with Gasteiger partial charge in [-0.25, -0.2) is 4.39 Å². The third-order valence-corrected chi connectivity index (χ3v) is 3.90. The fourth-order valence-corrected chi connectivity index (χ4v) is 2.96. The van der Waals surface area contributed by atoms with E-state index in [1.807, 2.05) is 20.0 Å². The Labute approximate surface area is 133 Å². The van der Waals surface area contributed by atoms with Gasteiger partial charge in [0.1, 0.15) is 5.82 Å². The van der Waals surface area contributed by atoms with Crippen LogP contribution in [0.5, 0.6) is 0 Å². The van der Waals surface area contributed by atoms with Gasteiger partial charge in [-0.1, -0.05) is 22.9 Å². The van der Waals surface area contributed by atoms with Gasteiger partial charge in [0.05, 0.1) is 11.4 Å². The number of nitrogens with one attached hydrogen (secondary N) is 1. The number of aromatic nitrogens is 2. The first kappa shape index (κ1) is 16.0. The van der Waals surface area contributed by atoms with Crippen molar-refractivity contribution in [3.8, 4) is 0 Å². The molecule has 0 spiro atoms. The van der Waals surface area contributed by atoms with Gasteiger partial charge in [0.15, 0.2) is 0 Å². The summed E-state index contributed by atoms with van der Waals surface area (Å²) in [6.45, 7) is 4.00. The molecule has 0 fully saturated rings. The number of rotatable bonds is 5. The van der Waals surface area contributed by atoms with Crippen molar-refractivity contribution in [2.24, 2.45) is 0 Å². The largest absolute Gasteiger partial charge is 0.313 e. The van der Waals surface area contributed by atoms with E-state index in [0.29, 0.717) is 6.42 Å². The Morgan fingerprint density at radius 1 is 1.24 bits per heavy atom. The molecule has 0 bridgehead atoms. The molecule has 1 N–H and O–H groups in total. The highest BCUT2D eigenvalue weighted by molar-refractivity contribution is 9.10. The molecule has 1 aromatic heterocycles. The van der Waals surface area contributed by atoms with Gasteiger partial charge in [-0.2, -0.15) is 10.2 Å². The van der Waals surface area contributed by atoms with E-state index in [4.69, 9.17) is 0 Å². The predicted octanol–water partition coefficient (Wildman–Crippen LogP) is 3.75. The number of nitrogens with zero attached hydrogens (tertiary/aromatic N) is 2. The average Bonchev–Trinajstić information content (AvgIpc) is 2.43. The maximum Gasteiger partial charge on any atom is 0.124 e. The second kappa shape index (κ2) is 7.09. The van der Waals surface area contributed by atoms with Gasteiger partial charge in [0.2, 0.25) is 0 Å². The summed E-state index contributed by atoms with van der Waals surface area (Å²) in [4.78, 5) is 0. The lowest BCUT2D eigenvalue weighted by molar-refractivity contribution is 0.572. The number of aryl methyl sites for hydroxylation is 2. The number of hydrogen-bond donors (Lipinski definition) is 1. The Bertz CT molecular complexity index is 611. The summed E-state index contributed by atoms with van der Waals surface area (Å²) in [6.07, 6.45) is 1.53. The monoisotopic (exact) mass is 351 g/mol. The SMILES string of the molecule is CCc1nnc(C)cc1C(Cc1cc(F)cc(Br)c1)NC. The highest BCUT2D eigenvalue weighted by Crippen LogP contribution is 2.24. The summed E-state index contributed by atoms with van der Waals surface area (Å²) in [5, 5.41) is 11.7.